The first-order valence-corrected chi connectivity index (χ1v) is 16.5. The molecule has 3 aliphatic rings. The number of benzene rings is 2. The Morgan fingerprint density at radius 1 is 0.884 bits per heavy atom. The summed E-state index contributed by atoms with van der Waals surface area (Å²) in [6, 6.07) is 26.2. The zero-order valence-corrected chi connectivity index (χ0v) is 25.8. The van der Waals surface area contributed by atoms with Gasteiger partial charge in [-0.1, -0.05) is 60.7 Å². The second-order valence-electron chi connectivity index (χ2n) is 13.2. The topological polar surface area (TPSA) is 48.9 Å². The Labute approximate surface area is 258 Å². The normalized spacial score (nSPS) is 23.0. The van der Waals surface area contributed by atoms with Crippen molar-refractivity contribution in [3.63, 3.8) is 0 Å². The highest BCUT2D eigenvalue weighted by Crippen LogP contribution is 2.44. The molecule has 0 radical (unpaired) electrons. The van der Waals surface area contributed by atoms with Crippen LogP contribution in [0.3, 0.4) is 0 Å². The molecule has 3 fully saturated rings. The number of carbonyl (C=O) groups is 1. The molecule has 6 nitrogen and oxygen atoms in total. The van der Waals surface area contributed by atoms with Crippen molar-refractivity contribution in [3.8, 4) is 0 Å². The van der Waals surface area contributed by atoms with Crippen molar-refractivity contribution >= 4 is 11.8 Å². The van der Waals surface area contributed by atoms with E-state index in [1.54, 1.807) is 0 Å². The first-order chi connectivity index (χ1) is 21.1. The predicted molar refractivity (Wildman–Crippen MR) is 173 cm³/mol. The van der Waals surface area contributed by atoms with Crippen LogP contribution in [0.4, 0.5) is 10.5 Å². The van der Waals surface area contributed by atoms with E-state index >= 15 is 0 Å². The molecule has 1 aliphatic heterocycles. The van der Waals surface area contributed by atoms with Gasteiger partial charge in [0.25, 0.3) is 0 Å². The second-order valence-corrected chi connectivity index (χ2v) is 13.2. The predicted octanol–water partition coefficient (Wildman–Crippen LogP) is 7.30. The standard InChI is InChI=1S/C37H48N4O2/c1-39(36(42)43-29-31-9-4-2-5-10-31)33-16-20-37(21-17-33,32-11-6-3-7-12-32)22-26-40-24-18-34(19-25-40)41(28-30-14-15-30)35-13-8-23-38-27-35/h2-13,23,27,30,33-34H,14-22,24-26,28-29H2,1H3. The van der Waals surface area contributed by atoms with E-state index in [1.165, 1.54) is 49.9 Å². The Morgan fingerprint density at radius 2 is 1.58 bits per heavy atom. The average Bonchev–Trinajstić information content (AvgIpc) is 3.91. The van der Waals surface area contributed by atoms with Crippen LogP contribution >= 0.6 is 0 Å². The molecule has 1 amide bonds. The summed E-state index contributed by atoms with van der Waals surface area (Å²) in [5.41, 5.74) is 3.94. The summed E-state index contributed by atoms with van der Waals surface area (Å²) < 4.78 is 5.66. The number of hydrogen-bond donors (Lipinski definition) is 0. The van der Waals surface area contributed by atoms with Crippen molar-refractivity contribution in [3.05, 3.63) is 96.3 Å². The lowest BCUT2D eigenvalue weighted by Gasteiger charge is -2.45. The number of pyridine rings is 1. The van der Waals surface area contributed by atoms with E-state index in [4.69, 9.17) is 4.74 Å². The SMILES string of the molecule is CN(C(=O)OCc1ccccc1)C1CCC(CCN2CCC(N(CC3CC3)c3cccnc3)CC2)(c2ccccc2)CC1. The summed E-state index contributed by atoms with van der Waals surface area (Å²) in [7, 11) is 1.91. The summed E-state index contributed by atoms with van der Waals surface area (Å²) in [5, 5.41) is 0. The van der Waals surface area contributed by atoms with E-state index in [0.29, 0.717) is 12.6 Å². The summed E-state index contributed by atoms with van der Waals surface area (Å²) in [5.74, 6) is 0.865. The number of hydrogen-bond acceptors (Lipinski definition) is 5. The van der Waals surface area contributed by atoms with Crippen molar-refractivity contribution in [2.24, 2.45) is 5.92 Å². The highest BCUT2D eigenvalue weighted by atomic mass is 16.6. The molecule has 0 atom stereocenters. The van der Waals surface area contributed by atoms with Crippen LogP contribution in [0, 0.1) is 5.92 Å². The molecule has 1 aromatic heterocycles. The van der Waals surface area contributed by atoms with Gasteiger partial charge in [-0.05, 0) is 98.9 Å². The van der Waals surface area contributed by atoms with Crippen LogP contribution in [0.1, 0.15) is 68.9 Å². The van der Waals surface area contributed by atoms with Crippen molar-refractivity contribution in [2.45, 2.75) is 81.9 Å². The lowest BCUT2D eigenvalue weighted by atomic mass is 9.66. The molecule has 2 heterocycles. The molecule has 0 bridgehead atoms. The molecular weight excluding hydrogens is 532 g/mol. The summed E-state index contributed by atoms with van der Waals surface area (Å²) >= 11 is 0. The van der Waals surface area contributed by atoms with Crippen LogP contribution in [0.25, 0.3) is 0 Å². The first-order valence-electron chi connectivity index (χ1n) is 16.5. The quantitative estimate of drug-likeness (QED) is 0.238. The number of anilines is 1. The smallest absolute Gasteiger partial charge is 0.410 e. The Morgan fingerprint density at radius 3 is 2.23 bits per heavy atom. The number of rotatable bonds is 11. The number of likely N-dealkylation sites (tertiary alicyclic amines) is 1. The van der Waals surface area contributed by atoms with Gasteiger partial charge in [0.15, 0.2) is 0 Å². The first kappa shape index (κ1) is 29.7. The number of carbonyl (C=O) groups excluding carboxylic acids is 1. The van der Waals surface area contributed by atoms with Crippen LogP contribution < -0.4 is 4.90 Å². The van der Waals surface area contributed by atoms with Gasteiger partial charge in [-0.3, -0.25) is 4.98 Å². The van der Waals surface area contributed by atoms with Gasteiger partial charge in [0.1, 0.15) is 6.61 Å². The summed E-state index contributed by atoms with van der Waals surface area (Å²) in [6.07, 6.45) is 14.3. The Hall–Kier alpha value is -3.38. The van der Waals surface area contributed by atoms with E-state index < -0.39 is 0 Å². The minimum atomic E-state index is -0.217. The average molecular weight is 581 g/mol. The number of ether oxygens (including phenoxy) is 1. The second kappa shape index (κ2) is 13.9. The van der Waals surface area contributed by atoms with E-state index in [2.05, 4.69) is 63.4 Å². The fraction of sp³-hybridized carbons (Fsp3) is 0.514. The summed E-state index contributed by atoms with van der Waals surface area (Å²) in [4.78, 5) is 24.5. The number of piperidine rings is 1. The third kappa shape index (κ3) is 7.59. The Kier molecular flexibility index (Phi) is 9.62. The number of amides is 1. The maximum Gasteiger partial charge on any atom is 0.410 e. The van der Waals surface area contributed by atoms with Crippen LogP contribution in [0.2, 0.25) is 0 Å². The van der Waals surface area contributed by atoms with E-state index in [9.17, 15) is 4.79 Å². The molecule has 2 aliphatic carbocycles. The van der Waals surface area contributed by atoms with Crippen LogP contribution in [0.15, 0.2) is 85.2 Å². The van der Waals surface area contributed by atoms with E-state index in [1.807, 2.05) is 48.5 Å². The maximum atomic E-state index is 12.9. The van der Waals surface area contributed by atoms with Crippen LogP contribution in [-0.2, 0) is 16.8 Å². The zero-order chi connectivity index (χ0) is 29.5. The minimum Gasteiger partial charge on any atom is -0.445 e. The maximum absolute atomic E-state index is 12.9. The van der Waals surface area contributed by atoms with Crippen molar-refractivity contribution in [1.82, 2.24) is 14.8 Å². The Balaban J connectivity index is 1.03. The highest BCUT2D eigenvalue weighted by Gasteiger charge is 2.39. The molecule has 1 saturated heterocycles. The van der Waals surface area contributed by atoms with Gasteiger partial charge in [0, 0.05) is 45.0 Å². The molecule has 43 heavy (non-hydrogen) atoms. The Bertz CT molecular complexity index is 1270. The number of aromatic nitrogens is 1. The van der Waals surface area contributed by atoms with Gasteiger partial charge < -0.3 is 19.4 Å². The molecule has 3 aromatic rings. The number of nitrogens with zero attached hydrogens (tertiary/aromatic N) is 4. The molecule has 2 saturated carbocycles. The van der Waals surface area contributed by atoms with Gasteiger partial charge in [-0.2, -0.15) is 0 Å². The molecule has 2 aromatic carbocycles. The van der Waals surface area contributed by atoms with Gasteiger partial charge in [0.2, 0.25) is 0 Å². The lowest BCUT2D eigenvalue weighted by Crippen LogP contribution is -2.48. The lowest BCUT2D eigenvalue weighted by molar-refractivity contribution is 0.0731. The minimum absolute atomic E-state index is 0.164. The van der Waals surface area contributed by atoms with E-state index in [0.717, 1.165) is 56.8 Å². The van der Waals surface area contributed by atoms with Crippen LogP contribution in [0.5, 0.6) is 0 Å². The third-order valence-electron chi connectivity index (χ3n) is 10.4. The highest BCUT2D eigenvalue weighted by molar-refractivity contribution is 5.67. The fourth-order valence-corrected chi connectivity index (χ4v) is 7.38. The molecular formula is C37H48N4O2. The molecule has 6 heteroatoms. The fourth-order valence-electron chi connectivity index (χ4n) is 7.38. The van der Waals surface area contributed by atoms with Gasteiger partial charge in [0.05, 0.1) is 11.9 Å². The molecule has 0 N–H and O–H groups in total. The van der Waals surface area contributed by atoms with Crippen LogP contribution in [-0.4, -0.2) is 66.2 Å². The van der Waals surface area contributed by atoms with Gasteiger partial charge >= 0.3 is 6.09 Å². The van der Waals surface area contributed by atoms with E-state index in [-0.39, 0.29) is 17.6 Å². The zero-order valence-electron chi connectivity index (χ0n) is 25.8. The molecule has 228 valence electrons. The molecule has 0 unspecified atom stereocenters. The third-order valence-corrected chi connectivity index (χ3v) is 10.4. The molecule has 6 rings (SSSR count). The van der Waals surface area contributed by atoms with Crippen molar-refractivity contribution in [2.75, 3.05) is 38.1 Å². The van der Waals surface area contributed by atoms with Crippen molar-refractivity contribution in [1.29, 1.82) is 0 Å². The molecule has 0 spiro atoms. The summed E-state index contributed by atoms with van der Waals surface area (Å²) in [6.45, 7) is 4.97. The largest absolute Gasteiger partial charge is 0.445 e. The van der Waals surface area contributed by atoms with Gasteiger partial charge in [-0.25, -0.2) is 4.79 Å². The van der Waals surface area contributed by atoms with Crippen molar-refractivity contribution < 1.29 is 9.53 Å². The van der Waals surface area contributed by atoms with Gasteiger partial charge in [-0.15, -0.1) is 0 Å². The monoisotopic (exact) mass is 580 g/mol.